The van der Waals surface area contributed by atoms with Crippen LogP contribution >= 0.6 is 0 Å². The molecule has 0 aliphatic carbocycles. The number of esters is 2. The number of carbonyl (C=O) groups is 2. The summed E-state index contributed by atoms with van der Waals surface area (Å²) >= 11 is 0. The lowest BCUT2D eigenvalue weighted by molar-refractivity contribution is -0.151. The maximum absolute atomic E-state index is 12.7. The van der Waals surface area contributed by atoms with Gasteiger partial charge in [-0.1, -0.05) is 156 Å². The van der Waals surface area contributed by atoms with Crippen molar-refractivity contribution in [2.75, 3.05) is 46.1 Å². The van der Waals surface area contributed by atoms with Crippen LogP contribution in [0, 0.1) is 5.92 Å². The lowest BCUT2D eigenvalue weighted by Crippen LogP contribution is -2.29. The van der Waals surface area contributed by atoms with Crippen LogP contribution in [-0.2, 0) is 23.8 Å². The van der Waals surface area contributed by atoms with Crippen molar-refractivity contribution in [3.63, 3.8) is 0 Å². The van der Waals surface area contributed by atoms with Crippen LogP contribution in [0.3, 0.4) is 0 Å². The van der Waals surface area contributed by atoms with Gasteiger partial charge in [0.1, 0.15) is 6.10 Å². The van der Waals surface area contributed by atoms with Crippen LogP contribution in [0.25, 0.3) is 0 Å². The number of rotatable bonds is 44. The summed E-state index contributed by atoms with van der Waals surface area (Å²) in [5.74, 6) is -0.285. The Kier molecular flexibility index (Phi) is 42.0. The van der Waals surface area contributed by atoms with Crippen LogP contribution < -0.4 is 0 Å². The SMILES string of the molecule is CCCCCCCCCCOCC(CC)C(=O)OCCCCCN(CCO)CCCCCCCC(=O)OC(CCCCCCCC)CCCCCCCC. The Balaban J connectivity index is 4.06. The summed E-state index contributed by atoms with van der Waals surface area (Å²) in [5, 5.41) is 9.58. The molecule has 0 saturated heterocycles. The van der Waals surface area contributed by atoms with Gasteiger partial charge in [0, 0.05) is 19.6 Å². The molecule has 1 N–H and O–H groups in total. The molecule has 7 heteroatoms. The molecule has 0 aliphatic heterocycles. The molecule has 0 saturated carbocycles. The Bertz CT molecular complexity index is 763. The Morgan fingerprint density at radius 1 is 0.519 bits per heavy atom. The molecule has 322 valence electrons. The van der Waals surface area contributed by atoms with E-state index in [2.05, 4.69) is 25.7 Å². The summed E-state index contributed by atoms with van der Waals surface area (Å²) < 4.78 is 17.4. The van der Waals surface area contributed by atoms with Gasteiger partial charge in [-0.3, -0.25) is 9.59 Å². The van der Waals surface area contributed by atoms with Gasteiger partial charge >= 0.3 is 11.9 Å². The van der Waals surface area contributed by atoms with Crippen molar-refractivity contribution in [2.45, 2.75) is 239 Å². The van der Waals surface area contributed by atoms with E-state index in [0.717, 1.165) is 96.7 Å². The average molecular weight is 768 g/mol. The largest absolute Gasteiger partial charge is 0.465 e. The van der Waals surface area contributed by atoms with E-state index in [4.69, 9.17) is 14.2 Å². The molecule has 1 atom stereocenters. The number of hydrogen-bond acceptors (Lipinski definition) is 7. The van der Waals surface area contributed by atoms with Crippen molar-refractivity contribution in [1.82, 2.24) is 4.90 Å². The van der Waals surface area contributed by atoms with Crippen LogP contribution in [0.4, 0.5) is 0 Å². The highest BCUT2D eigenvalue weighted by molar-refractivity contribution is 5.72. The molecular formula is C47H93NO6. The Labute approximate surface area is 336 Å². The van der Waals surface area contributed by atoms with E-state index in [9.17, 15) is 14.7 Å². The third kappa shape index (κ3) is 36.5. The topological polar surface area (TPSA) is 85.3 Å². The van der Waals surface area contributed by atoms with Crippen LogP contribution in [0.1, 0.15) is 233 Å². The molecular weight excluding hydrogens is 675 g/mol. The standard InChI is InChI=1S/C47H93NO6/c1-5-9-12-15-18-19-25-32-41-52-43-44(8-4)47(51)53-42-33-26-31-38-48(39-40-49)37-30-24-20-23-29-36-46(50)54-45(34-27-21-16-13-10-6-2)35-28-22-17-14-11-7-3/h44-45,49H,5-43H2,1-4H3. The molecule has 0 bridgehead atoms. The highest BCUT2D eigenvalue weighted by Crippen LogP contribution is 2.19. The molecule has 0 heterocycles. The van der Waals surface area contributed by atoms with Crippen molar-refractivity contribution in [3.05, 3.63) is 0 Å². The first-order valence-corrected chi connectivity index (χ1v) is 23.8. The van der Waals surface area contributed by atoms with Crippen LogP contribution in [0.2, 0.25) is 0 Å². The van der Waals surface area contributed by atoms with Crippen molar-refractivity contribution in [3.8, 4) is 0 Å². The third-order valence-corrected chi connectivity index (χ3v) is 11.0. The maximum Gasteiger partial charge on any atom is 0.311 e. The van der Waals surface area contributed by atoms with Gasteiger partial charge in [-0.25, -0.2) is 0 Å². The highest BCUT2D eigenvalue weighted by atomic mass is 16.5. The predicted octanol–water partition coefficient (Wildman–Crippen LogP) is 12.9. The van der Waals surface area contributed by atoms with Gasteiger partial charge in [0.05, 0.1) is 25.7 Å². The van der Waals surface area contributed by atoms with Crippen LogP contribution in [-0.4, -0.2) is 74.1 Å². The first-order valence-electron chi connectivity index (χ1n) is 23.8. The average Bonchev–Trinajstić information content (AvgIpc) is 3.17. The second kappa shape index (κ2) is 43.0. The minimum absolute atomic E-state index is 0.00407. The second-order valence-corrected chi connectivity index (χ2v) is 16.2. The molecule has 0 aromatic heterocycles. The summed E-state index contributed by atoms with van der Waals surface area (Å²) in [6, 6.07) is 0. The van der Waals surface area contributed by atoms with Gasteiger partial charge < -0.3 is 24.2 Å². The second-order valence-electron chi connectivity index (χ2n) is 16.2. The molecule has 0 fully saturated rings. The summed E-state index contributed by atoms with van der Waals surface area (Å²) in [5.41, 5.74) is 0. The van der Waals surface area contributed by atoms with E-state index in [0.29, 0.717) is 26.2 Å². The van der Waals surface area contributed by atoms with Crippen molar-refractivity contribution >= 4 is 11.9 Å². The number of aliphatic hydroxyl groups excluding tert-OH is 1. The van der Waals surface area contributed by atoms with Gasteiger partial charge in [0.25, 0.3) is 0 Å². The monoisotopic (exact) mass is 768 g/mol. The van der Waals surface area contributed by atoms with Gasteiger partial charge in [0.2, 0.25) is 0 Å². The predicted molar refractivity (Wildman–Crippen MR) is 229 cm³/mol. The minimum Gasteiger partial charge on any atom is -0.465 e. The summed E-state index contributed by atoms with van der Waals surface area (Å²) in [4.78, 5) is 27.6. The van der Waals surface area contributed by atoms with Crippen LogP contribution in [0.15, 0.2) is 0 Å². The van der Waals surface area contributed by atoms with E-state index in [1.807, 2.05) is 6.92 Å². The third-order valence-electron chi connectivity index (χ3n) is 11.0. The Morgan fingerprint density at radius 2 is 0.963 bits per heavy atom. The van der Waals surface area contributed by atoms with E-state index in [1.165, 1.54) is 122 Å². The molecule has 0 radical (unpaired) electrons. The fourth-order valence-corrected chi connectivity index (χ4v) is 7.24. The van der Waals surface area contributed by atoms with Crippen molar-refractivity contribution in [2.24, 2.45) is 5.92 Å². The van der Waals surface area contributed by atoms with E-state index in [1.54, 1.807) is 0 Å². The Hall–Kier alpha value is -1.18. The number of ether oxygens (including phenoxy) is 3. The van der Waals surface area contributed by atoms with E-state index < -0.39 is 0 Å². The number of unbranched alkanes of at least 4 members (excludes halogenated alkanes) is 23. The number of carbonyl (C=O) groups excluding carboxylic acids is 2. The molecule has 0 aromatic carbocycles. The maximum atomic E-state index is 12.7. The van der Waals surface area contributed by atoms with Gasteiger partial charge in [-0.2, -0.15) is 0 Å². The quantitative estimate of drug-likeness (QED) is 0.0488. The summed E-state index contributed by atoms with van der Waals surface area (Å²) in [6.07, 6.45) is 37.3. The highest BCUT2D eigenvalue weighted by Gasteiger charge is 2.18. The van der Waals surface area contributed by atoms with Crippen molar-refractivity contribution in [1.29, 1.82) is 0 Å². The number of aliphatic hydroxyl groups is 1. The molecule has 7 nitrogen and oxygen atoms in total. The minimum atomic E-state index is -0.167. The molecule has 54 heavy (non-hydrogen) atoms. The van der Waals surface area contributed by atoms with Gasteiger partial charge in [-0.05, 0) is 83.7 Å². The molecule has 0 aromatic rings. The van der Waals surface area contributed by atoms with Gasteiger partial charge in [-0.15, -0.1) is 0 Å². The molecule has 0 aliphatic rings. The smallest absolute Gasteiger partial charge is 0.311 e. The zero-order valence-corrected chi connectivity index (χ0v) is 36.7. The Morgan fingerprint density at radius 3 is 1.48 bits per heavy atom. The van der Waals surface area contributed by atoms with Crippen molar-refractivity contribution < 1.29 is 28.9 Å². The fourth-order valence-electron chi connectivity index (χ4n) is 7.24. The number of nitrogens with zero attached hydrogens (tertiary/aromatic N) is 1. The van der Waals surface area contributed by atoms with Crippen LogP contribution in [0.5, 0.6) is 0 Å². The first-order chi connectivity index (χ1) is 26.5. The lowest BCUT2D eigenvalue weighted by atomic mass is 10.0. The first kappa shape index (κ1) is 52.8. The molecule has 0 amide bonds. The molecule has 0 spiro atoms. The lowest BCUT2D eigenvalue weighted by Gasteiger charge is -2.21. The molecule has 1 unspecified atom stereocenters. The van der Waals surface area contributed by atoms with E-state index >= 15 is 0 Å². The van der Waals surface area contributed by atoms with E-state index in [-0.39, 0.29) is 30.6 Å². The molecule has 0 rings (SSSR count). The normalized spacial score (nSPS) is 12.2. The summed E-state index contributed by atoms with van der Waals surface area (Å²) in [6.45, 7) is 13.3. The summed E-state index contributed by atoms with van der Waals surface area (Å²) in [7, 11) is 0. The zero-order valence-electron chi connectivity index (χ0n) is 36.7. The van der Waals surface area contributed by atoms with Gasteiger partial charge in [0.15, 0.2) is 0 Å². The number of hydrogen-bond donors (Lipinski definition) is 1. The zero-order chi connectivity index (χ0) is 39.6. The fraction of sp³-hybridized carbons (Fsp3) is 0.957.